The van der Waals surface area contributed by atoms with Crippen molar-refractivity contribution in [3.63, 3.8) is 0 Å². The van der Waals surface area contributed by atoms with Crippen molar-refractivity contribution in [1.29, 1.82) is 0 Å². The Hall–Kier alpha value is -0.570. The summed E-state index contributed by atoms with van der Waals surface area (Å²) >= 11 is 0. The van der Waals surface area contributed by atoms with Gasteiger partial charge in [-0.2, -0.15) is 0 Å². The molecule has 0 bridgehead atoms. The van der Waals surface area contributed by atoms with Gasteiger partial charge >= 0.3 is 0 Å². The summed E-state index contributed by atoms with van der Waals surface area (Å²) in [6.07, 6.45) is 7.85. The summed E-state index contributed by atoms with van der Waals surface area (Å²) in [5.74, 6) is 1.01. The zero-order chi connectivity index (χ0) is 12.7. The summed E-state index contributed by atoms with van der Waals surface area (Å²) in [6.45, 7) is 5.29. The number of unbranched alkanes of at least 4 members (excludes halogenated alkanes) is 1. The maximum Gasteiger partial charge on any atom is 0.224 e. The van der Waals surface area contributed by atoms with Crippen molar-refractivity contribution < 1.29 is 4.79 Å². The van der Waals surface area contributed by atoms with Crippen LogP contribution >= 0.6 is 0 Å². The molecule has 0 heterocycles. The Bertz CT molecular complexity index is 228. The van der Waals surface area contributed by atoms with Crippen molar-refractivity contribution in [3.8, 4) is 0 Å². The third kappa shape index (κ3) is 5.53. The molecule has 0 saturated heterocycles. The number of amides is 1. The molecular formula is C14H28N2O. The van der Waals surface area contributed by atoms with E-state index in [1.54, 1.807) is 0 Å². The lowest BCUT2D eigenvalue weighted by molar-refractivity contribution is -0.126. The number of rotatable bonds is 6. The summed E-state index contributed by atoms with van der Waals surface area (Å²) in [5, 5.41) is 3.04. The van der Waals surface area contributed by atoms with E-state index >= 15 is 0 Å². The smallest absolute Gasteiger partial charge is 0.224 e. The Morgan fingerprint density at radius 1 is 1.29 bits per heavy atom. The maximum absolute atomic E-state index is 11.9. The van der Waals surface area contributed by atoms with Gasteiger partial charge in [-0.1, -0.05) is 39.5 Å². The van der Waals surface area contributed by atoms with Crippen LogP contribution in [0.2, 0.25) is 0 Å². The first-order valence-electron chi connectivity index (χ1n) is 7.14. The van der Waals surface area contributed by atoms with Gasteiger partial charge in [-0.05, 0) is 25.2 Å². The van der Waals surface area contributed by atoms with Gasteiger partial charge in [0.1, 0.15) is 0 Å². The van der Waals surface area contributed by atoms with Crippen molar-refractivity contribution in [1.82, 2.24) is 5.32 Å². The van der Waals surface area contributed by atoms with Crippen LogP contribution in [-0.4, -0.2) is 18.5 Å². The highest BCUT2D eigenvalue weighted by atomic mass is 16.1. The minimum absolute atomic E-state index is 0.0637. The highest BCUT2D eigenvalue weighted by molar-refractivity contribution is 5.79. The Morgan fingerprint density at radius 3 is 2.65 bits per heavy atom. The van der Waals surface area contributed by atoms with E-state index in [-0.39, 0.29) is 17.9 Å². The highest BCUT2D eigenvalue weighted by Gasteiger charge is 2.27. The molecule has 0 aromatic carbocycles. The van der Waals surface area contributed by atoms with Crippen molar-refractivity contribution >= 4 is 5.91 Å². The van der Waals surface area contributed by atoms with Gasteiger partial charge in [-0.3, -0.25) is 4.79 Å². The van der Waals surface area contributed by atoms with E-state index in [1.807, 2.05) is 0 Å². The molecule has 100 valence electrons. The molecule has 0 aromatic rings. The zero-order valence-electron chi connectivity index (χ0n) is 11.4. The van der Waals surface area contributed by atoms with Gasteiger partial charge < -0.3 is 11.1 Å². The Kier molecular flexibility index (Phi) is 6.56. The van der Waals surface area contributed by atoms with Crippen LogP contribution in [0.1, 0.15) is 58.8 Å². The first kappa shape index (κ1) is 14.5. The van der Waals surface area contributed by atoms with E-state index in [1.165, 1.54) is 19.3 Å². The van der Waals surface area contributed by atoms with Crippen molar-refractivity contribution in [3.05, 3.63) is 0 Å². The van der Waals surface area contributed by atoms with E-state index in [9.17, 15) is 4.79 Å². The van der Waals surface area contributed by atoms with Gasteiger partial charge in [0.15, 0.2) is 0 Å². The van der Waals surface area contributed by atoms with E-state index in [4.69, 9.17) is 5.73 Å². The monoisotopic (exact) mass is 240 g/mol. The number of hydrogen-bond donors (Lipinski definition) is 2. The molecule has 3 heteroatoms. The molecule has 1 fully saturated rings. The average molecular weight is 240 g/mol. The second-order valence-corrected chi connectivity index (χ2v) is 5.74. The highest BCUT2D eigenvalue weighted by Crippen LogP contribution is 2.22. The van der Waals surface area contributed by atoms with Crippen LogP contribution in [0.4, 0.5) is 0 Å². The molecule has 3 nitrogen and oxygen atoms in total. The van der Waals surface area contributed by atoms with E-state index in [0.717, 1.165) is 38.1 Å². The first-order valence-corrected chi connectivity index (χ1v) is 7.14. The van der Waals surface area contributed by atoms with E-state index in [2.05, 4.69) is 19.2 Å². The topological polar surface area (TPSA) is 55.1 Å². The second-order valence-electron chi connectivity index (χ2n) is 5.74. The standard InChI is InChI=1S/C14H28N2O/c1-11(2)7-5-6-10-16-14(17)12-8-3-4-9-13(12)15/h11-13H,3-10,15H2,1-2H3,(H,16,17). The molecule has 3 N–H and O–H groups in total. The van der Waals surface area contributed by atoms with Gasteiger partial charge in [-0.25, -0.2) is 0 Å². The van der Waals surface area contributed by atoms with Gasteiger partial charge in [0.2, 0.25) is 5.91 Å². The summed E-state index contributed by atoms with van der Waals surface area (Å²) < 4.78 is 0. The summed E-state index contributed by atoms with van der Waals surface area (Å²) in [7, 11) is 0. The number of hydrogen-bond acceptors (Lipinski definition) is 2. The molecule has 2 unspecified atom stereocenters. The molecule has 1 saturated carbocycles. The van der Waals surface area contributed by atoms with E-state index in [0.29, 0.717) is 0 Å². The molecule has 1 aliphatic carbocycles. The molecule has 2 atom stereocenters. The number of nitrogens with two attached hydrogens (primary N) is 1. The molecule has 0 aliphatic heterocycles. The fraction of sp³-hybridized carbons (Fsp3) is 0.929. The molecule has 0 radical (unpaired) electrons. The van der Waals surface area contributed by atoms with Crippen LogP contribution < -0.4 is 11.1 Å². The third-order valence-corrected chi connectivity index (χ3v) is 3.66. The van der Waals surface area contributed by atoms with Crippen molar-refractivity contribution in [2.45, 2.75) is 64.8 Å². The quantitative estimate of drug-likeness (QED) is 0.701. The van der Waals surface area contributed by atoms with E-state index < -0.39 is 0 Å². The number of nitrogens with one attached hydrogen (secondary N) is 1. The van der Waals surface area contributed by atoms with Crippen LogP contribution in [-0.2, 0) is 4.79 Å². The molecule has 17 heavy (non-hydrogen) atoms. The lowest BCUT2D eigenvalue weighted by Gasteiger charge is -2.27. The summed E-state index contributed by atoms with van der Waals surface area (Å²) in [5.41, 5.74) is 5.99. The maximum atomic E-state index is 11.9. The lowest BCUT2D eigenvalue weighted by atomic mass is 9.84. The Morgan fingerprint density at radius 2 is 2.00 bits per heavy atom. The van der Waals surface area contributed by atoms with Gasteiger partial charge in [0.25, 0.3) is 0 Å². The second kappa shape index (κ2) is 7.70. The van der Waals surface area contributed by atoms with Crippen molar-refractivity contribution in [2.24, 2.45) is 17.6 Å². The first-order chi connectivity index (χ1) is 8.11. The lowest BCUT2D eigenvalue weighted by Crippen LogP contribution is -2.43. The molecule has 0 spiro atoms. The predicted molar refractivity (Wildman–Crippen MR) is 71.6 cm³/mol. The summed E-state index contributed by atoms with van der Waals surface area (Å²) in [4.78, 5) is 11.9. The number of carbonyl (C=O) groups is 1. The average Bonchev–Trinajstić information content (AvgIpc) is 2.28. The van der Waals surface area contributed by atoms with Gasteiger partial charge in [0, 0.05) is 12.6 Å². The fourth-order valence-electron chi connectivity index (χ4n) is 2.51. The Balaban J connectivity index is 2.11. The minimum Gasteiger partial charge on any atom is -0.356 e. The van der Waals surface area contributed by atoms with Crippen LogP contribution in [0.3, 0.4) is 0 Å². The molecule has 1 rings (SSSR count). The van der Waals surface area contributed by atoms with Crippen LogP contribution in [0.25, 0.3) is 0 Å². The molecule has 0 aromatic heterocycles. The van der Waals surface area contributed by atoms with Crippen molar-refractivity contribution in [2.75, 3.05) is 6.54 Å². The van der Waals surface area contributed by atoms with Crippen LogP contribution in [0.5, 0.6) is 0 Å². The normalized spacial score (nSPS) is 24.9. The van der Waals surface area contributed by atoms with Crippen LogP contribution in [0.15, 0.2) is 0 Å². The zero-order valence-corrected chi connectivity index (χ0v) is 11.4. The molecular weight excluding hydrogens is 212 g/mol. The molecule has 1 amide bonds. The number of carbonyl (C=O) groups excluding carboxylic acids is 1. The summed E-state index contributed by atoms with van der Waals surface area (Å²) in [6, 6.07) is 0.0828. The van der Waals surface area contributed by atoms with Gasteiger partial charge in [-0.15, -0.1) is 0 Å². The predicted octanol–water partition coefficient (Wildman–Crippen LogP) is 2.45. The fourth-order valence-corrected chi connectivity index (χ4v) is 2.51. The minimum atomic E-state index is 0.0637. The molecule has 1 aliphatic rings. The Labute approximate surface area is 106 Å². The van der Waals surface area contributed by atoms with Crippen LogP contribution in [0, 0.1) is 11.8 Å². The largest absolute Gasteiger partial charge is 0.356 e. The van der Waals surface area contributed by atoms with Gasteiger partial charge in [0.05, 0.1) is 5.92 Å². The SMILES string of the molecule is CC(C)CCCCNC(=O)C1CCCCC1N. The third-order valence-electron chi connectivity index (χ3n) is 3.66.